The summed E-state index contributed by atoms with van der Waals surface area (Å²) in [4.78, 5) is 9.26. The van der Waals surface area contributed by atoms with Gasteiger partial charge in [0.05, 0.1) is 0 Å². The van der Waals surface area contributed by atoms with Crippen molar-refractivity contribution < 1.29 is 0 Å². The number of aromatic nitrogens is 2. The van der Waals surface area contributed by atoms with Crippen molar-refractivity contribution in [2.75, 3.05) is 12.4 Å². The standard InChI is InChI=1S/C16H20ClN3S/c1-10(2)14-19-15(18-4)11(3)16(20-14)21-9-12-5-7-13(17)8-6-12/h5-8,10H,9H2,1-4H3,(H,18,19,20). The third-order valence-corrected chi connectivity index (χ3v) is 4.56. The van der Waals surface area contributed by atoms with Crippen molar-refractivity contribution in [3.05, 3.63) is 46.2 Å². The second kappa shape index (κ2) is 7.14. The normalized spacial score (nSPS) is 11.0. The van der Waals surface area contributed by atoms with E-state index < -0.39 is 0 Å². The van der Waals surface area contributed by atoms with Crippen molar-refractivity contribution in [3.8, 4) is 0 Å². The summed E-state index contributed by atoms with van der Waals surface area (Å²) in [5.41, 5.74) is 2.33. The number of nitrogens with one attached hydrogen (secondary N) is 1. The van der Waals surface area contributed by atoms with E-state index in [4.69, 9.17) is 16.6 Å². The number of benzene rings is 1. The topological polar surface area (TPSA) is 37.8 Å². The molecule has 1 aromatic heterocycles. The molecule has 0 fully saturated rings. The molecule has 1 heterocycles. The summed E-state index contributed by atoms with van der Waals surface area (Å²) >= 11 is 7.65. The molecule has 0 aliphatic carbocycles. The quantitative estimate of drug-likeness (QED) is 0.628. The molecule has 0 aliphatic heterocycles. The Bertz CT molecular complexity index is 612. The van der Waals surface area contributed by atoms with Gasteiger partial charge in [-0.3, -0.25) is 0 Å². The average Bonchev–Trinajstić information content (AvgIpc) is 2.47. The second-order valence-electron chi connectivity index (χ2n) is 5.18. The Hall–Kier alpha value is -1.26. The Morgan fingerprint density at radius 2 is 1.86 bits per heavy atom. The van der Waals surface area contributed by atoms with Gasteiger partial charge in [0.2, 0.25) is 0 Å². The molecule has 21 heavy (non-hydrogen) atoms. The van der Waals surface area contributed by atoms with Crippen molar-refractivity contribution in [2.24, 2.45) is 0 Å². The van der Waals surface area contributed by atoms with Gasteiger partial charge in [-0.1, -0.05) is 37.6 Å². The van der Waals surface area contributed by atoms with Crippen LogP contribution in [0.4, 0.5) is 5.82 Å². The van der Waals surface area contributed by atoms with Crippen LogP contribution in [0.25, 0.3) is 0 Å². The Labute approximate surface area is 135 Å². The fourth-order valence-corrected chi connectivity index (χ4v) is 2.98. The van der Waals surface area contributed by atoms with Crippen LogP contribution in [0.3, 0.4) is 0 Å². The second-order valence-corrected chi connectivity index (χ2v) is 6.58. The van der Waals surface area contributed by atoms with Gasteiger partial charge in [-0.15, -0.1) is 11.8 Å². The fraction of sp³-hybridized carbons (Fsp3) is 0.375. The van der Waals surface area contributed by atoms with E-state index in [0.29, 0.717) is 5.92 Å². The van der Waals surface area contributed by atoms with Gasteiger partial charge in [0, 0.05) is 29.3 Å². The molecule has 112 valence electrons. The van der Waals surface area contributed by atoms with Gasteiger partial charge >= 0.3 is 0 Å². The SMILES string of the molecule is CNc1nc(C(C)C)nc(SCc2ccc(Cl)cc2)c1C. The van der Waals surface area contributed by atoms with E-state index in [0.717, 1.165) is 33.0 Å². The van der Waals surface area contributed by atoms with Crippen molar-refractivity contribution in [2.45, 2.75) is 37.5 Å². The zero-order chi connectivity index (χ0) is 15.4. The molecule has 5 heteroatoms. The third-order valence-electron chi connectivity index (χ3n) is 3.16. The largest absolute Gasteiger partial charge is 0.373 e. The Balaban J connectivity index is 2.22. The Morgan fingerprint density at radius 1 is 1.19 bits per heavy atom. The smallest absolute Gasteiger partial charge is 0.134 e. The monoisotopic (exact) mass is 321 g/mol. The lowest BCUT2D eigenvalue weighted by molar-refractivity contribution is 0.749. The van der Waals surface area contributed by atoms with E-state index in [9.17, 15) is 0 Å². The summed E-state index contributed by atoms with van der Waals surface area (Å²) in [5.74, 6) is 2.97. The van der Waals surface area contributed by atoms with Crippen molar-refractivity contribution in [3.63, 3.8) is 0 Å². The van der Waals surface area contributed by atoms with Crippen molar-refractivity contribution in [1.82, 2.24) is 9.97 Å². The Morgan fingerprint density at radius 3 is 2.43 bits per heavy atom. The zero-order valence-corrected chi connectivity index (χ0v) is 14.3. The molecule has 0 unspecified atom stereocenters. The maximum absolute atomic E-state index is 5.91. The molecule has 0 saturated heterocycles. The number of thioether (sulfide) groups is 1. The highest BCUT2D eigenvalue weighted by Gasteiger charge is 2.12. The van der Waals surface area contributed by atoms with Gasteiger partial charge in [-0.25, -0.2) is 9.97 Å². The highest BCUT2D eigenvalue weighted by molar-refractivity contribution is 7.98. The number of nitrogens with zero attached hydrogens (tertiary/aromatic N) is 2. The first kappa shape index (κ1) is 16.1. The number of rotatable bonds is 5. The van der Waals surface area contributed by atoms with E-state index in [-0.39, 0.29) is 0 Å². The lowest BCUT2D eigenvalue weighted by Crippen LogP contribution is -2.06. The van der Waals surface area contributed by atoms with Crippen LogP contribution >= 0.6 is 23.4 Å². The maximum atomic E-state index is 5.91. The first-order chi connectivity index (χ1) is 10.0. The summed E-state index contributed by atoms with van der Waals surface area (Å²) in [6, 6.07) is 7.94. The van der Waals surface area contributed by atoms with E-state index in [1.807, 2.05) is 31.3 Å². The molecule has 0 bridgehead atoms. The summed E-state index contributed by atoms with van der Waals surface area (Å²) < 4.78 is 0. The molecule has 0 aliphatic rings. The highest BCUT2D eigenvalue weighted by Crippen LogP contribution is 2.29. The van der Waals surface area contributed by atoms with Crippen LogP contribution in [-0.4, -0.2) is 17.0 Å². The highest BCUT2D eigenvalue weighted by atomic mass is 35.5. The van der Waals surface area contributed by atoms with E-state index in [2.05, 4.69) is 31.1 Å². The van der Waals surface area contributed by atoms with Crippen LogP contribution in [0, 0.1) is 6.92 Å². The molecule has 0 radical (unpaired) electrons. The van der Waals surface area contributed by atoms with E-state index in [1.165, 1.54) is 5.56 Å². The molecule has 0 amide bonds. The van der Waals surface area contributed by atoms with Gasteiger partial charge in [-0.2, -0.15) is 0 Å². The van der Waals surface area contributed by atoms with Crippen LogP contribution < -0.4 is 5.32 Å². The minimum Gasteiger partial charge on any atom is -0.373 e. The number of anilines is 1. The van der Waals surface area contributed by atoms with Crippen LogP contribution in [0.5, 0.6) is 0 Å². The molecule has 0 saturated carbocycles. The molecular weight excluding hydrogens is 302 g/mol. The molecule has 2 rings (SSSR count). The zero-order valence-electron chi connectivity index (χ0n) is 12.8. The van der Waals surface area contributed by atoms with Gasteiger partial charge in [0.1, 0.15) is 16.7 Å². The average molecular weight is 322 g/mol. The van der Waals surface area contributed by atoms with Crippen molar-refractivity contribution in [1.29, 1.82) is 0 Å². The fourth-order valence-electron chi connectivity index (χ4n) is 1.89. The molecule has 0 atom stereocenters. The Kier molecular flexibility index (Phi) is 5.48. The lowest BCUT2D eigenvalue weighted by atomic mass is 10.2. The van der Waals surface area contributed by atoms with Gasteiger partial charge in [-0.05, 0) is 24.6 Å². The van der Waals surface area contributed by atoms with Crippen molar-refractivity contribution >= 4 is 29.2 Å². The maximum Gasteiger partial charge on any atom is 0.134 e. The molecular formula is C16H20ClN3S. The molecule has 1 aromatic carbocycles. The first-order valence-corrected chi connectivity index (χ1v) is 8.31. The summed E-state index contributed by atoms with van der Waals surface area (Å²) in [6.07, 6.45) is 0. The predicted molar refractivity (Wildman–Crippen MR) is 91.4 cm³/mol. The van der Waals surface area contributed by atoms with Gasteiger partial charge in [0.15, 0.2) is 0 Å². The predicted octanol–water partition coefficient (Wildman–Crippen LogP) is 4.90. The third kappa shape index (κ3) is 4.11. The first-order valence-electron chi connectivity index (χ1n) is 6.94. The van der Waals surface area contributed by atoms with Crippen LogP contribution in [-0.2, 0) is 5.75 Å². The van der Waals surface area contributed by atoms with Crippen LogP contribution in [0.15, 0.2) is 29.3 Å². The van der Waals surface area contributed by atoms with Crippen LogP contribution in [0.1, 0.15) is 36.7 Å². The molecule has 0 spiro atoms. The number of halogens is 1. The number of hydrogen-bond acceptors (Lipinski definition) is 4. The number of hydrogen-bond donors (Lipinski definition) is 1. The minimum absolute atomic E-state index is 0.313. The van der Waals surface area contributed by atoms with Gasteiger partial charge < -0.3 is 5.32 Å². The van der Waals surface area contributed by atoms with E-state index in [1.54, 1.807) is 11.8 Å². The molecule has 3 nitrogen and oxygen atoms in total. The molecule has 2 aromatic rings. The minimum atomic E-state index is 0.313. The van der Waals surface area contributed by atoms with Crippen LogP contribution in [0.2, 0.25) is 5.02 Å². The van der Waals surface area contributed by atoms with E-state index >= 15 is 0 Å². The summed E-state index contributed by atoms with van der Waals surface area (Å²) in [7, 11) is 1.90. The lowest BCUT2D eigenvalue weighted by Gasteiger charge is -2.13. The van der Waals surface area contributed by atoms with Gasteiger partial charge in [0.25, 0.3) is 0 Å². The summed E-state index contributed by atoms with van der Waals surface area (Å²) in [5, 5.41) is 4.96. The molecule has 1 N–H and O–H groups in total. The summed E-state index contributed by atoms with van der Waals surface area (Å²) in [6.45, 7) is 6.27.